The van der Waals surface area contributed by atoms with Crippen LogP contribution in [0.4, 0.5) is 5.69 Å². The number of pyridine rings is 1. The first-order valence-electron chi connectivity index (χ1n) is 10.8. The number of nitrogens with zero attached hydrogens (tertiary/aromatic N) is 2. The summed E-state index contributed by atoms with van der Waals surface area (Å²) in [6.07, 6.45) is 7.24. The number of aromatic nitrogens is 1. The summed E-state index contributed by atoms with van der Waals surface area (Å²) in [6, 6.07) is 21.1. The molecule has 0 radical (unpaired) electrons. The minimum Gasteiger partial charge on any atom is -0.457 e. The van der Waals surface area contributed by atoms with Gasteiger partial charge in [-0.3, -0.25) is 14.7 Å². The largest absolute Gasteiger partial charge is 0.457 e. The maximum absolute atomic E-state index is 13.1. The number of fused-ring (bicyclic) bond motifs is 1. The molecule has 156 valence electrons. The molecule has 0 unspecified atom stereocenters. The molecule has 1 fully saturated rings. The zero-order chi connectivity index (χ0) is 21.0. The van der Waals surface area contributed by atoms with E-state index in [2.05, 4.69) is 21.3 Å². The first-order valence-corrected chi connectivity index (χ1v) is 10.8. The van der Waals surface area contributed by atoms with Crippen LogP contribution >= 0.6 is 0 Å². The van der Waals surface area contributed by atoms with Gasteiger partial charge in [0.25, 0.3) is 5.91 Å². The Bertz CT molecular complexity index is 1170. The lowest BCUT2D eigenvalue weighted by molar-refractivity contribution is 0.102. The molecule has 2 aromatic carbocycles. The van der Waals surface area contributed by atoms with Gasteiger partial charge < -0.3 is 9.73 Å². The van der Waals surface area contributed by atoms with E-state index in [0.717, 1.165) is 53.9 Å². The number of nitrogens with one attached hydrogen (secondary N) is 1. The van der Waals surface area contributed by atoms with Crippen molar-refractivity contribution in [3.05, 3.63) is 96.0 Å². The minimum atomic E-state index is -0.142. The number of hydrogen-bond acceptors (Lipinski definition) is 4. The molecule has 0 saturated carbocycles. The van der Waals surface area contributed by atoms with E-state index in [0.29, 0.717) is 5.56 Å². The lowest BCUT2D eigenvalue weighted by Gasteiger charge is -2.34. The number of furan rings is 1. The summed E-state index contributed by atoms with van der Waals surface area (Å²) >= 11 is 0. The van der Waals surface area contributed by atoms with Crippen LogP contribution in [-0.2, 0) is 0 Å². The molecule has 4 aromatic rings. The Morgan fingerprint density at radius 1 is 0.935 bits per heavy atom. The average molecular weight is 412 g/mol. The van der Waals surface area contributed by atoms with Gasteiger partial charge in [-0.1, -0.05) is 42.8 Å². The Kier molecular flexibility index (Phi) is 5.50. The van der Waals surface area contributed by atoms with Crippen LogP contribution in [-0.4, -0.2) is 28.9 Å². The van der Waals surface area contributed by atoms with Crippen molar-refractivity contribution in [3.63, 3.8) is 0 Å². The van der Waals surface area contributed by atoms with Gasteiger partial charge in [-0.2, -0.15) is 0 Å². The number of carbonyl (C=O) groups is 1. The van der Waals surface area contributed by atoms with Crippen molar-refractivity contribution in [2.45, 2.75) is 25.3 Å². The number of piperidine rings is 1. The van der Waals surface area contributed by atoms with Crippen LogP contribution in [0.25, 0.3) is 11.0 Å². The first kappa shape index (κ1) is 19.5. The van der Waals surface area contributed by atoms with Gasteiger partial charge in [0.05, 0.1) is 11.7 Å². The van der Waals surface area contributed by atoms with Crippen molar-refractivity contribution in [3.8, 4) is 0 Å². The number of benzene rings is 2. The van der Waals surface area contributed by atoms with Crippen LogP contribution in [0.1, 0.15) is 47.0 Å². The van der Waals surface area contributed by atoms with E-state index in [4.69, 9.17) is 4.42 Å². The SMILES string of the molecule is O=C(Nc1c([C@H](c2cccnc2)N2CCCCC2)oc2ccccc12)c1ccccc1. The number of anilines is 1. The summed E-state index contributed by atoms with van der Waals surface area (Å²) < 4.78 is 6.42. The molecule has 5 rings (SSSR count). The summed E-state index contributed by atoms with van der Waals surface area (Å²) in [6.45, 7) is 1.98. The van der Waals surface area contributed by atoms with Gasteiger partial charge >= 0.3 is 0 Å². The molecule has 3 heterocycles. The Hall–Kier alpha value is -3.44. The number of amides is 1. The Balaban J connectivity index is 1.63. The Labute approximate surface area is 181 Å². The van der Waals surface area contributed by atoms with Crippen molar-refractivity contribution < 1.29 is 9.21 Å². The Morgan fingerprint density at radius 3 is 2.48 bits per heavy atom. The summed E-state index contributed by atoms with van der Waals surface area (Å²) in [5.41, 5.74) is 3.20. The topological polar surface area (TPSA) is 58.4 Å². The zero-order valence-electron chi connectivity index (χ0n) is 17.3. The number of para-hydroxylation sites is 1. The third-order valence-corrected chi connectivity index (χ3v) is 5.90. The van der Waals surface area contributed by atoms with Gasteiger partial charge in [-0.05, 0) is 61.8 Å². The molecule has 0 spiro atoms. The molecule has 31 heavy (non-hydrogen) atoms. The van der Waals surface area contributed by atoms with E-state index in [1.54, 1.807) is 6.20 Å². The van der Waals surface area contributed by atoms with Gasteiger partial charge in [0, 0.05) is 23.3 Å². The van der Waals surface area contributed by atoms with E-state index in [1.807, 2.05) is 66.9 Å². The van der Waals surface area contributed by atoms with E-state index in [9.17, 15) is 4.79 Å². The van der Waals surface area contributed by atoms with E-state index in [-0.39, 0.29) is 11.9 Å². The minimum absolute atomic E-state index is 0.104. The standard InChI is InChI=1S/C26H25N3O2/c30-26(19-10-3-1-4-11-19)28-23-21-13-5-6-14-22(21)31-25(23)24(20-12-9-15-27-18-20)29-16-7-2-8-17-29/h1,3-6,9-15,18,24H,2,7-8,16-17H2,(H,28,30)/t24-/m0/s1. The fraction of sp³-hybridized carbons (Fsp3) is 0.231. The molecule has 1 N–H and O–H groups in total. The molecule has 1 atom stereocenters. The van der Waals surface area contributed by atoms with Gasteiger partial charge in [0.15, 0.2) is 5.76 Å². The van der Waals surface area contributed by atoms with Crippen LogP contribution in [0.2, 0.25) is 0 Å². The average Bonchev–Trinajstić information content (AvgIpc) is 3.19. The molecule has 2 aromatic heterocycles. The summed E-state index contributed by atoms with van der Waals surface area (Å²) in [5.74, 6) is 0.623. The fourth-order valence-corrected chi connectivity index (χ4v) is 4.40. The molecule has 5 nitrogen and oxygen atoms in total. The van der Waals surface area contributed by atoms with E-state index >= 15 is 0 Å². The number of carbonyl (C=O) groups excluding carboxylic acids is 1. The predicted octanol–water partition coefficient (Wildman–Crippen LogP) is 5.66. The first-order chi connectivity index (χ1) is 15.3. The maximum atomic E-state index is 13.1. The van der Waals surface area contributed by atoms with Crippen LogP contribution in [0.15, 0.2) is 83.5 Å². The lowest BCUT2D eigenvalue weighted by atomic mass is 9.99. The molecule has 0 aliphatic carbocycles. The number of likely N-dealkylation sites (tertiary alicyclic amines) is 1. The second kappa shape index (κ2) is 8.74. The summed E-state index contributed by atoms with van der Waals surface area (Å²) in [4.78, 5) is 19.9. The quantitative estimate of drug-likeness (QED) is 0.461. The molecule has 0 bridgehead atoms. The van der Waals surface area contributed by atoms with Crippen LogP contribution in [0, 0.1) is 0 Å². The van der Waals surface area contributed by atoms with Gasteiger partial charge in [0.2, 0.25) is 0 Å². The van der Waals surface area contributed by atoms with E-state index < -0.39 is 0 Å². The van der Waals surface area contributed by atoms with Crippen molar-refractivity contribution in [1.29, 1.82) is 0 Å². The maximum Gasteiger partial charge on any atom is 0.255 e. The molecule has 1 saturated heterocycles. The van der Waals surface area contributed by atoms with Gasteiger partial charge in [0.1, 0.15) is 5.58 Å². The fourth-order valence-electron chi connectivity index (χ4n) is 4.40. The smallest absolute Gasteiger partial charge is 0.255 e. The Morgan fingerprint density at radius 2 is 1.71 bits per heavy atom. The third kappa shape index (κ3) is 3.97. The highest BCUT2D eigenvalue weighted by atomic mass is 16.3. The van der Waals surface area contributed by atoms with Crippen molar-refractivity contribution in [2.75, 3.05) is 18.4 Å². The molecule has 1 aliphatic heterocycles. The van der Waals surface area contributed by atoms with Crippen molar-refractivity contribution in [1.82, 2.24) is 9.88 Å². The predicted molar refractivity (Wildman–Crippen MR) is 122 cm³/mol. The van der Waals surface area contributed by atoms with Crippen LogP contribution in [0.3, 0.4) is 0 Å². The molecule has 5 heteroatoms. The normalized spacial score (nSPS) is 15.6. The van der Waals surface area contributed by atoms with Crippen LogP contribution < -0.4 is 5.32 Å². The van der Waals surface area contributed by atoms with Crippen molar-refractivity contribution in [2.24, 2.45) is 0 Å². The summed E-state index contributed by atoms with van der Waals surface area (Å²) in [5, 5.41) is 4.07. The highest BCUT2D eigenvalue weighted by Crippen LogP contribution is 2.41. The molecule has 1 aliphatic rings. The van der Waals surface area contributed by atoms with Gasteiger partial charge in [-0.25, -0.2) is 0 Å². The number of hydrogen-bond donors (Lipinski definition) is 1. The van der Waals surface area contributed by atoms with Crippen LogP contribution in [0.5, 0.6) is 0 Å². The summed E-state index contributed by atoms with van der Waals surface area (Å²) in [7, 11) is 0. The van der Waals surface area contributed by atoms with Crippen molar-refractivity contribution >= 4 is 22.6 Å². The second-order valence-corrected chi connectivity index (χ2v) is 7.94. The zero-order valence-corrected chi connectivity index (χ0v) is 17.3. The molecule has 1 amide bonds. The number of rotatable bonds is 5. The third-order valence-electron chi connectivity index (χ3n) is 5.90. The van der Waals surface area contributed by atoms with Gasteiger partial charge in [-0.15, -0.1) is 0 Å². The highest BCUT2D eigenvalue weighted by Gasteiger charge is 2.31. The van der Waals surface area contributed by atoms with E-state index in [1.165, 1.54) is 6.42 Å². The molecular formula is C26H25N3O2. The lowest BCUT2D eigenvalue weighted by Crippen LogP contribution is -2.34. The highest BCUT2D eigenvalue weighted by molar-refractivity contribution is 6.09. The second-order valence-electron chi connectivity index (χ2n) is 7.94. The monoisotopic (exact) mass is 411 g/mol. The molecular weight excluding hydrogens is 386 g/mol.